The fourth-order valence-corrected chi connectivity index (χ4v) is 2.07. The van der Waals surface area contributed by atoms with Crippen molar-refractivity contribution in [1.82, 2.24) is 9.78 Å². The lowest BCUT2D eigenvalue weighted by Crippen LogP contribution is -2.08. The van der Waals surface area contributed by atoms with Crippen LogP contribution in [0.15, 0.2) is 30.5 Å². The molecule has 0 radical (unpaired) electrons. The Hall–Kier alpha value is -1.78. The molecule has 1 amide bonds. The molecule has 0 aliphatic rings. The Labute approximate surface area is 127 Å². The van der Waals surface area contributed by atoms with Gasteiger partial charge in [-0.05, 0) is 31.2 Å². The van der Waals surface area contributed by atoms with Crippen LogP contribution in [-0.4, -0.2) is 15.7 Å². The molecule has 0 spiro atoms. The molecule has 1 aromatic heterocycles. The molecule has 4 nitrogen and oxygen atoms in total. The minimum Gasteiger partial charge on any atom is -0.321 e. The largest absolute Gasteiger partial charge is 0.321 e. The van der Waals surface area contributed by atoms with Gasteiger partial charge in [0.1, 0.15) is 0 Å². The quantitative estimate of drug-likeness (QED) is 0.879. The number of nitrogens with zero attached hydrogens (tertiary/aromatic N) is 2. The molecule has 2 rings (SSSR count). The molecule has 6 heteroatoms. The van der Waals surface area contributed by atoms with Gasteiger partial charge in [0, 0.05) is 29.4 Å². The van der Waals surface area contributed by atoms with E-state index in [2.05, 4.69) is 10.4 Å². The smallest absolute Gasteiger partial charge is 0.248 e. The van der Waals surface area contributed by atoms with E-state index in [1.807, 2.05) is 14.0 Å². The minimum absolute atomic E-state index is 0.266. The van der Waals surface area contributed by atoms with Crippen molar-refractivity contribution in [2.75, 3.05) is 5.32 Å². The molecule has 104 valence electrons. The Balaban J connectivity index is 2.07. The number of benzene rings is 1. The highest BCUT2D eigenvalue weighted by Crippen LogP contribution is 2.25. The SMILES string of the molecule is Cc1c(/C=C/C(=O)Nc2ccc(Cl)cc2Cl)cnn1C. The van der Waals surface area contributed by atoms with Crippen LogP contribution in [0, 0.1) is 6.92 Å². The molecule has 1 aromatic carbocycles. The number of halogens is 2. The molecular formula is C14H13Cl2N3O. The van der Waals surface area contributed by atoms with Crippen LogP contribution in [0.3, 0.4) is 0 Å². The molecule has 0 aliphatic heterocycles. The zero-order valence-electron chi connectivity index (χ0n) is 11.0. The number of aromatic nitrogens is 2. The molecule has 0 unspecified atom stereocenters. The van der Waals surface area contributed by atoms with Gasteiger partial charge in [-0.3, -0.25) is 9.48 Å². The molecule has 0 saturated heterocycles. The second-order valence-corrected chi connectivity index (χ2v) is 5.10. The number of hydrogen-bond donors (Lipinski definition) is 1. The van der Waals surface area contributed by atoms with Gasteiger partial charge in [-0.25, -0.2) is 0 Å². The van der Waals surface area contributed by atoms with Crippen molar-refractivity contribution in [1.29, 1.82) is 0 Å². The summed E-state index contributed by atoms with van der Waals surface area (Å²) in [5, 5.41) is 7.71. The number of amides is 1. The molecular weight excluding hydrogens is 297 g/mol. The molecule has 0 aliphatic carbocycles. The number of anilines is 1. The molecule has 0 saturated carbocycles. The van der Waals surface area contributed by atoms with E-state index >= 15 is 0 Å². The van der Waals surface area contributed by atoms with Gasteiger partial charge >= 0.3 is 0 Å². The van der Waals surface area contributed by atoms with Gasteiger partial charge in [-0.1, -0.05) is 23.2 Å². The number of carbonyl (C=O) groups is 1. The van der Waals surface area contributed by atoms with Gasteiger partial charge in [0.15, 0.2) is 0 Å². The molecule has 20 heavy (non-hydrogen) atoms. The highest BCUT2D eigenvalue weighted by atomic mass is 35.5. The van der Waals surface area contributed by atoms with Crippen LogP contribution in [0.4, 0.5) is 5.69 Å². The van der Waals surface area contributed by atoms with E-state index in [0.717, 1.165) is 11.3 Å². The van der Waals surface area contributed by atoms with Crippen LogP contribution < -0.4 is 5.32 Å². The van der Waals surface area contributed by atoms with Crippen molar-refractivity contribution in [2.24, 2.45) is 7.05 Å². The van der Waals surface area contributed by atoms with Gasteiger partial charge in [-0.15, -0.1) is 0 Å². The van der Waals surface area contributed by atoms with E-state index in [-0.39, 0.29) is 5.91 Å². The highest BCUT2D eigenvalue weighted by molar-refractivity contribution is 6.36. The zero-order valence-corrected chi connectivity index (χ0v) is 12.5. The van der Waals surface area contributed by atoms with Crippen LogP contribution in [-0.2, 0) is 11.8 Å². The summed E-state index contributed by atoms with van der Waals surface area (Å²) in [7, 11) is 1.85. The lowest BCUT2D eigenvalue weighted by molar-refractivity contribution is -0.111. The Kier molecular flexibility index (Phi) is 4.47. The average molecular weight is 310 g/mol. The summed E-state index contributed by atoms with van der Waals surface area (Å²) in [6, 6.07) is 4.90. The van der Waals surface area contributed by atoms with Crippen molar-refractivity contribution in [3.8, 4) is 0 Å². The topological polar surface area (TPSA) is 46.9 Å². The molecule has 2 aromatic rings. The lowest BCUT2D eigenvalue weighted by atomic mass is 10.2. The number of aryl methyl sites for hydroxylation is 1. The van der Waals surface area contributed by atoms with Crippen LogP contribution in [0.25, 0.3) is 6.08 Å². The summed E-state index contributed by atoms with van der Waals surface area (Å²) < 4.78 is 1.74. The van der Waals surface area contributed by atoms with Crippen LogP contribution >= 0.6 is 23.2 Å². The third kappa shape index (κ3) is 3.40. The summed E-state index contributed by atoms with van der Waals surface area (Å²) in [6.45, 7) is 1.93. The second-order valence-electron chi connectivity index (χ2n) is 4.26. The third-order valence-electron chi connectivity index (χ3n) is 2.88. The predicted octanol–water partition coefficient (Wildman–Crippen LogP) is 3.69. The maximum atomic E-state index is 11.8. The first kappa shape index (κ1) is 14.6. The van der Waals surface area contributed by atoms with Crippen molar-refractivity contribution >= 4 is 40.9 Å². The predicted molar refractivity (Wildman–Crippen MR) is 82.1 cm³/mol. The fraction of sp³-hybridized carbons (Fsp3) is 0.143. The first-order chi connectivity index (χ1) is 9.47. The van der Waals surface area contributed by atoms with Gasteiger partial charge < -0.3 is 5.32 Å². The van der Waals surface area contributed by atoms with Gasteiger partial charge in [-0.2, -0.15) is 5.10 Å². The number of hydrogen-bond acceptors (Lipinski definition) is 2. The summed E-state index contributed by atoms with van der Waals surface area (Å²) >= 11 is 11.8. The standard InChI is InChI=1S/C14H13Cl2N3O/c1-9-10(8-17-19(9)2)3-6-14(20)18-13-5-4-11(15)7-12(13)16/h3-8H,1-2H3,(H,18,20)/b6-3+. The van der Waals surface area contributed by atoms with Crippen molar-refractivity contribution in [3.05, 3.63) is 51.8 Å². The Morgan fingerprint density at radius 2 is 2.15 bits per heavy atom. The number of carbonyl (C=O) groups excluding carboxylic acids is 1. The first-order valence-corrected chi connectivity index (χ1v) is 6.65. The van der Waals surface area contributed by atoms with Crippen LogP contribution in [0.1, 0.15) is 11.3 Å². The van der Waals surface area contributed by atoms with E-state index in [1.165, 1.54) is 6.08 Å². The van der Waals surface area contributed by atoms with Crippen LogP contribution in [0.2, 0.25) is 10.0 Å². The van der Waals surface area contributed by atoms with Gasteiger partial charge in [0.05, 0.1) is 16.9 Å². The monoisotopic (exact) mass is 309 g/mol. The lowest BCUT2D eigenvalue weighted by Gasteiger charge is -2.04. The van der Waals surface area contributed by atoms with Crippen molar-refractivity contribution in [3.63, 3.8) is 0 Å². The number of rotatable bonds is 3. The second kappa shape index (κ2) is 6.11. The van der Waals surface area contributed by atoms with Gasteiger partial charge in [0.2, 0.25) is 5.91 Å². The molecule has 0 fully saturated rings. The third-order valence-corrected chi connectivity index (χ3v) is 3.42. The maximum Gasteiger partial charge on any atom is 0.248 e. The highest BCUT2D eigenvalue weighted by Gasteiger charge is 2.05. The normalized spacial score (nSPS) is 11.0. The molecule has 1 N–H and O–H groups in total. The average Bonchev–Trinajstić information content (AvgIpc) is 2.71. The summed E-state index contributed by atoms with van der Waals surface area (Å²) in [4.78, 5) is 11.8. The van der Waals surface area contributed by atoms with E-state index in [0.29, 0.717) is 15.7 Å². The summed E-state index contributed by atoms with van der Waals surface area (Å²) in [5.74, 6) is -0.266. The molecule has 1 heterocycles. The summed E-state index contributed by atoms with van der Waals surface area (Å²) in [6.07, 6.45) is 4.85. The number of nitrogens with one attached hydrogen (secondary N) is 1. The summed E-state index contributed by atoms with van der Waals surface area (Å²) in [5.41, 5.74) is 2.40. The Morgan fingerprint density at radius 3 is 2.75 bits per heavy atom. The van der Waals surface area contributed by atoms with E-state index in [1.54, 1.807) is 35.2 Å². The minimum atomic E-state index is -0.266. The first-order valence-electron chi connectivity index (χ1n) is 5.90. The van der Waals surface area contributed by atoms with E-state index in [4.69, 9.17) is 23.2 Å². The molecule has 0 bridgehead atoms. The van der Waals surface area contributed by atoms with Gasteiger partial charge in [0.25, 0.3) is 0 Å². The van der Waals surface area contributed by atoms with E-state index < -0.39 is 0 Å². The van der Waals surface area contributed by atoms with Crippen LogP contribution in [0.5, 0.6) is 0 Å². The zero-order chi connectivity index (χ0) is 14.7. The maximum absolute atomic E-state index is 11.8. The van der Waals surface area contributed by atoms with E-state index in [9.17, 15) is 4.79 Å². The fourth-order valence-electron chi connectivity index (χ4n) is 1.61. The Bertz CT molecular complexity index is 677. The molecule has 0 atom stereocenters. The Morgan fingerprint density at radius 1 is 1.40 bits per heavy atom. The van der Waals surface area contributed by atoms with Crippen molar-refractivity contribution < 1.29 is 4.79 Å². The van der Waals surface area contributed by atoms with Crippen molar-refractivity contribution in [2.45, 2.75) is 6.92 Å².